The van der Waals surface area contributed by atoms with E-state index in [1.54, 1.807) is 0 Å². The van der Waals surface area contributed by atoms with Crippen LogP contribution in [0.3, 0.4) is 0 Å². The second-order valence-electron chi connectivity index (χ2n) is 2.67. The zero-order chi connectivity index (χ0) is 10.9. The van der Waals surface area contributed by atoms with E-state index in [0.29, 0.717) is 5.69 Å². The van der Waals surface area contributed by atoms with Crippen LogP contribution in [0, 0.1) is 6.92 Å². The fraction of sp³-hybridized carbons (Fsp3) is 0.250. The Kier molecular flexibility index (Phi) is 3.15. The van der Waals surface area contributed by atoms with E-state index in [9.17, 15) is 13.6 Å². The summed E-state index contributed by atoms with van der Waals surface area (Å²) >= 11 is 2.89. The van der Waals surface area contributed by atoms with Gasteiger partial charge in [0.25, 0.3) is 12.3 Å². The van der Waals surface area contributed by atoms with Gasteiger partial charge in [0.1, 0.15) is 4.60 Å². The van der Waals surface area contributed by atoms with E-state index >= 15 is 0 Å². The molecule has 1 amide bonds. The van der Waals surface area contributed by atoms with Gasteiger partial charge in [-0.15, -0.1) is 0 Å². The number of pyridine rings is 1. The molecule has 1 heterocycles. The molecular weight excluding hydrogens is 258 g/mol. The Bertz CT molecular complexity index is 382. The monoisotopic (exact) mass is 264 g/mol. The van der Waals surface area contributed by atoms with Crippen molar-refractivity contribution < 1.29 is 13.6 Å². The molecule has 14 heavy (non-hydrogen) atoms. The molecule has 76 valence electrons. The second kappa shape index (κ2) is 4.00. The minimum absolute atomic E-state index is 0.0171. The number of hydrogen-bond donors (Lipinski definition) is 1. The van der Waals surface area contributed by atoms with E-state index in [0.717, 1.165) is 6.07 Å². The summed E-state index contributed by atoms with van der Waals surface area (Å²) in [6, 6.07) is 1.05. The Morgan fingerprint density at radius 1 is 1.64 bits per heavy atom. The molecule has 0 unspecified atom stereocenters. The molecule has 0 aliphatic heterocycles. The normalized spacial score (nSPS) is 10.6. The van der Waals surface area contributed by atoms with Gasteiger partial charge < -0.3 is 5.73 Å². The Hall–Kier alpha value is -1.04. The molecule has 1 rings (SSSR count). The summed E-state index contributed by atoms with van der Waals surface area (Å²) in [7, 11) is 0. The van der Waals surface area contributed by atoms with E-state index < -0.39 is 12.3 Å². The van der Waals surface area contributed by atoms with Crippen molar-refractivity contribution in [1.29, 1.82) is 0 Å². The van der Waals surface area contributed by atoms with E-state index in [-0.39, 0.29) is 15.7 Å². The summed E-state index contributed by atoms with van der Waals surface area (Å²) in [4.78, 5) is 14.6. The van der Waals surface area contributed by atoms with E-state index in [1.165, 1.54) is 6.92 Å². The Balaban J connectivity index is 3.34. The van der Waals surface area contributed by atoms with Gasteiger partial charge in [0, 0.05) is 0 Å². The Morgan fingerprint density at radius 3 is 2.64 bits per heavy atom. The second-order valence-corrected chi connectivity index (χ2v) is 3.42. The van der Waals surface area contributed by atoms with Gasteiger partial charge >= 0.3 is 0 Å². The van der Waals surface area contributed by atoms with Crippen LogP contribution < -0.4 is 5.73 Å². The molecule has 0 aromatic carbocycles. The number of hydrogen-bond acceptors (Lipinski definition) is 2. The van der Waals surface area contributed by atoms with Gasteiger partial charge in [-0.2, -0.15) is 0 Å². The van der Waals surface area contributed by atoms with Crippen LogP contribution in [0.2, 0.25) is 0 Å². The number of nitrogens with two attached hydrogens (primary N) is 1. The molecule has 0 spiro atoms. The highest BCUT2D eigenvalue weighted by Gasteiger charge is 2.17. The number of aryl methyl sites for hydroxylation is 1. The largest absolute Gasteiger partial charge is 0.366 e. The summed E-state index contributed by atoms with van der Waals surface area (Å²) in [5.74, 6) is -0.760. The molecule has 1 aromatic rings. The first-order valence-electron chi connectivity index (χ1n) is 3.68. The van der Waals surface area contributed by atoms with Crippen LogP contribution in [0.5, 0.6) is 0 Å². The summed E-state index contributed by atoms with van der Waals surface area (Å²) < 4.78 is 24.8. The maximum atomic E-state index is 12.4. The molecular formula is C8H7BrF2N2O. The summed E-state index contributed by atoms with van der Waals surface area (Å²) in [6.45, 7) is 1.53. The highest BCUT2D eigenvalue weighted by Crippen LogP contribution is 2.27. The molecule has 0 aliphatic carbocycles. The molecule has 0 saturated heterocycles. The van der Waals surface area contributed by atoms with Gasteiger partial charge in [-0.1, -0.05) is 0 Å². The van der Waals surface area contributed by atoms with Gasteiger partial charge in [-0.05, 0) is 28.9 Å². The highest BCUT2D eigenvalue weighted by atomic mass is 79.9. The van der Waals surface area contributed by atoms with Crippen LogP contribution in [0.25, 0.3) is 0 Å². The zero-order valence-corrected chi connectivity index (χ0v) is 8.81. The van der Waals surface area contributed by atoms with Crippen molar-refractivity contribution >= 4 is 21.8 Å². The first-order chi connectivity index (χ1) is 6.43. The van der Waals surface area contributed by atoms with E-state index in [2.05, 4.69) is 20.9 Å². The fourth-order valence-electron chi connectivity index (χ4n) is 0.994. The smallest absolute Gasteiger partial charge is 0.266 e. The summed E-state index contributed by atoms with van der Waals surface area (Å²) in [5.41, 5.74) is 5.01. The average molecular weight is 265 g/mol. The van der Waals surface area contributed by atoms with Gasteiger partial charge in [0.2, 0.25) is 0 Å². The Labute approximate surface area is 87.4 Å². The number of carbonyl (C=O) groups excluding carboxylic acids is 1. The fourth-order valence-corrected chi connectivity index (χ4v) is 1.55. The lowest BCUT2D eigenvalue weighted by molar-refractivity contribution is 0.0998. The molecule has 0 saturated carbocycles. The molecule has 6 heteroatoms. The Morgan fingerprint density at radius 2 is 2.21 bits per heavy atom. The van der Waals surface area contributed by atoms with Crippen molar-refractivity contribution in [3.8, 4) is 0 Å². The number of aromatic nitrogens is 1. The van der Waals surface area contributed by atoms with Crippen LogP contribution in [-0.4, -0.2) is 10.9 Å². The molecule has 3 nitrogen and oxygen atoms in total. The van der Waals surface area contributed by atoms with Crippen LogP contribution in [0.4, 0.5) is 8.78 Å². The number of primary amides is 1. The molecule has 0 fully saturated rings. The summed E-state index contributed by atoms with van der Waals surface area (Å²) in [6.07, 6.45) is -2.68. The van der Waals surface area contributed by atoms with E-state index in [4.69, 9.17) is 5.73 Å². The van der Waals surface area contributed by atoms with Crippen LogP contribution in [-0.2, 0) is 0 Å². The number of nitrogens with zero attached hydrogens (tertiary/aromatic N) is 1. The van der Waals surface area contributed by atoms with Gasteiger partial charge in [-0.25, -0.2) is 13.8 Å². The minimum atomic E-state index is -2.68. The summed E-state index contributed by atoms with van der Waals surface area (Å²) in [5, 5.41) is 0. The highest BCUT2D eigenvalue weighted by molar-refractivity contribution is 9.10. The molecule has 1 aromatic heterocycles. The van der Waals surface area contributed by atoms with Gasteiger partial charge in [-0.3, -0.25) is 4.79 Å². The van der Waals surface area contributed by atoms with Crippen molar-refractivity contribution in [2.75, 3.05) is 0 Å². The standard InChI is InChI=1S/C8H7BrF2N2O/c1-3-4(8(12)14)2-5(7(10)11)6(9)13-3/h2,7H,1H3,(H2,12,14). The predicted molar refractivity (Wildman–Crippen MR) is 50.1 cm³/mol. The van der Waals surface area contributed by atoms with Crippen molar-refractivity contribution in [3.63, 3.8) is 0 Å². The van der Waals surface area contributed by atoms with Crippen LogP contribution in [0.15, 0.2) is 10.7 Å². The van der Waals surface area contributed by atoms with Gasteiger partial charge in [0.05, 0.1) is 16.8 Å². The maximum Gasteiger partial charge on any atom is 0.266 e. The third kappa shape index (κ3) is 2.06. The molecule has 0 radical (unpaired) electrons. The van der Waals surface area contributed by atoms with Crippen LogP contribution >= 0.6 is 15.9 Å². The number of carbonyl (C=O) groups is 1. The van der Waals surface area contributed by atoms with Crippen LogP contribution in [0.1, 0.15) is 28.0 Å². The van der Waals surface area contributed by atoms with Crippen molar-refractivity contribution in [2.45, 2.75) is 13.3 Å². The van der Waals surface area contributed by atoms with Crippen molar-refractivity contribution in [3.05, 3.63) is 27.5 Å². The minimum Gasteiger partial charge on any atom is -0.366 e. The maximum absolute atomic E-state index is 12.4. The van der Waals surface area contributed by atoms with Crippen molar-refractivity contribution in [2.24, 2.45) is 5.73 Å². The van der Waals surface area contributed by atoms with E-state index in [1.807, 2.05) is 0 Å². The molecule has 0 atom stereocenters. The molecule has 2 N–H and O–H groups in total. The topological polar surface area (TPSA) is 56.0 Å². The molecule has 0 aliphatic rings. The zero-order valence-electron chi connectivity index (χ0n) is 7.22. The molecule has 0 bridgehead atoms. The number of alkyl halides is 2. The SMILES string of the molecule is Cc1nc(Br)c(C(F)F)cc1C(N)=O. The lowest BCUT2D eigenvalue weighted by atomic mass is 10.1. The lowest BCUT2D eigenvalue weighted by Gasteiger charge is -2.06. The first-order valence-corrected chi connectivity index (χ1v) is 4.47. The average Bonchev–Trinajstić information content (AvgIpc) is 2.02. The third-order valence-corrected chi connectivity index (χ3v) is 2.33. The quantitative estimate of drug-likeness (QED) is 0.833. The third-order valence-electron chi connectivity index (χ3n) is 1.69. The van der Waals surface area contributed by atoms with Gasteiger partial charge in [0.15, 0.2) is 0 Å². The van der Waals surface area contributed by atoms with Crippen molar-refractivity contribution in [1.82, 2.24) is 4.98 Å². The number of amides is 1. The first kappa shape index (κ1) is 11.0. The number of rotatable bonds is 2. The lowest BCUT2D eigenvalue weighted by Crippen LogP contribution is -2.14. The number of halogens is 3. The predicted octanol–water partition coefficient (Wildman–Crippen LogP) is 2.19.